The molecule has 0 aliphatic carbocycles. The van der Waals surface area contributed by atoms with E-state index in [9.17, 15) is 0 Å². The second kappa shape index (κ2) is 7.42. The zero-order chi connectivity index (χ0) is 16.1. The predicted molar refractivity (Wildman–Crippen MR) is 94.4 cm³/mol. The van der Waals surface area contributed by atoms with Gasteiger partial charge in [0.1, 0.15) is 0 Å². The van der Waals surface area contributed by atoms with Crippen molar-refractivity contribution < 1.29 is 9.32 Å². The lowest BCUT2D eigenvalue weighted by Crippen LogP contribution is -3.07. The molecule has 0 fully saturated rings. The molecule has 4 nitrogen and oxygen atoms in total. The third-order valence-electron chi connectivity index (χ3n) is 3.90. The Morgan fingerprint density at radius 3 is 2.64 bits per heavy atom. The van der Waals surface area contributed by atoms with Crippen LogP contribution in [0.3, 0.4) is 0 Å². The van der Waals surface area contributed by atoms with Gasteiger partial charge in [0, 0.05) is 5.69 Å². The highest BCUT2D eigenvalue weighted by atomic mass is 32.1. The lowest BCUT2D eigenvalue weighted by Gasteiger charge is -2.21. The van der Waals surface area contributed by atoms with Gasteiger partial charge in [-0.15, -0.1) is 0 Å². The Kier molecular flexibility index (Phi) is 5.57. The molecule has 0 aliphatic rings. The van der Waals surface area contributed by atoms with Crippen LogP contribution < -0.4 is 15.5 Å². The average Bonchev–Trinajstić information content (AvgIpc) is 2.98. The van der Waals surface area contributed by atoms with Crippen molar-refractivity contribution in [3.8, 4) is 0 Å². The molecule has 5 heteroatoms. The van der Waals surface area contributed by atoms with Crippen molar-refractivity contribution in [2.45, 2.75) is 19.9 Å². The highest BCUT2D eigenvalue weighted by molar-refractivity contribution is 7.80. The van der Waals surface area contributed by atoms with Crippen molar-refractivity contribution in [2.24, 2.45) is 0 Å². The van der Waals surface area contributed by atoms with E-state index in [1.165, 1.54) is 16.0 Å². The Hall–Kier alpha value is -1.85. The number of thiocarbonyl (C=S) groups is 1. The van der Waals surface area contributed by atoms with E-state index in [1.54, 1.807) is 6.26 Å². The SMILES string of the molecule is Cc1cccc(NC(=S)NC[C@@H](c2ccco2)[NH+](C)C)c1C. The third-order valence-corrected chi connectivity index (χ3v) is 4.15. The van der Waals surface area contributed by atoms with Crippen LogP contribution in [0, 0.1) is 13.8 Å². The topological polar surface area (TPSA) is 41.6 Å². The molecule has 1 heterocycles. The smallest absolute Gasteiger partial charge is 0.171 e. The number of rotatable bonds is 5. The normalized spacial score (nSPS) is 12.2. The minimum atomic E-state index is 0.216. The first-order valence-corrected chi connectivity index (χ1v) is 7.84. The Bertz CT molecular complexity index is 623. The Labute approximate surface area is 137 Å². The first-order chi connectivity index (χ1) is 10.5. The standard InChI is InChI=1S/C17H23N3OS/c1-12-7-5-8-14(13(12)2)19-17(22)18-11-15(20(3)4)16-9-6-10-21-16/h5-10,15H,11H2,1-4H3,(H2,18,19,22)/p+1/t15-/m0/s1. The fourth-order valence-electron chi connectivity index (χ4n) is 2.33. The molecule has 22 heavy (non-hydrogen) atoms. The largest absolute Gasteiger partial charge is 0.463 e. The van der Waals surface area contributed by atoms with Crippen LogP contribution in [0.4, 0.5) is 5.69 Å². The highest BCUT2D eigenvalue weighted by Crippen LogP contribution is 2.17. The molecule has 0 bridgehead atoms. The summed E-state index contributed by atoms with van der Waals surface area (Å²) in [6.07, 6.45) is 1.71. The summed E-state index contributed by atoms with van der Waals surface area (Å²) in [6, 6.07) is 10.3. The number of quaternary nitrogens is 1. The molecule has 118 valence electrons. The number of furan rings is 1. The van der Waals surface area contributed by atoms with Crippen molar-refractivity contribution in [3.63, 3.8) is 0 Å². The molecule has 2 aromatic rings. The molecule has 1 atom stereocenters. The summed E-state index contributed by atoms with van der Waals surface area (Å²) in [6.45, 7) is 4.90. The van der Waals surface area contributed by atoms with Gasteiger partial charge in [-0.2, -0.15) is 0 Å². The molecule has 0 saturated carbocycles. The first kappa shape index (κ1) is 16.5. The summed E-state index contributed by atoms with van der Waals surface area (Å²) < 4.78 is 5.52. The number of nitrogens with one attached hydrogen (secondary N) is 3. The van der Waals surface area contributed by atoms with E-state index in [1.807, 2.05) is 24.3 Å². The summed E-state index contributed by atoms with van der Waals surface area (Å²) in [5.41, 5.74) is 3.51. The maximum absolute atomic E-state index is 5.52. The van der Waals surface area contributed by atoms with Gasteiger partial charge < -0.3 is 20.0 Å². The maximum atomic E-state index is 5.52. The summed E-state index contributed by atoms with van der Waals surface area (Å²) in [4.78, 5) is 1.29. The number of anilines is 1. The molecule has 2 rings (SSSR count). The van der Waals surface area contributed by atoms with Gasteiger partial charge in [0.15, 0.2) is 16.9 Å². The van der Waals surface area contributed by atoms with Crippen molar-refractivity contribution in [3.05, 3.63) is 53.5 Å². The van der Waals surface area contributed by atoms with Crippen LogP contribution in [-0.4, -0.2) is 25.8 Å². The Morgan fingerprint density at radius 1 is 1.23 bits per heavy atom. The van der Waals surface area contributed by atoms with Crippen molar-refractivity contribution in [1.82, 2.24) is 5.32 Å². The first-order valence-electron chi connectivity index (χ1n) is 7.43. The Balaban J connectivity index is 1.96. The molecular weight excluding hydrogens is 294 g/mol. The predicted octanol–water partition coefficient (Wildman–Crippen LogP) is 2.07. The average molecular weight is 318 g/mol. The molecule has 0 spiro atoms. The quantitative estimate of drug-likeness (QED) is 0.738. The molecule has 0 aliphatic heterocycles. The number of hydrogen-bond donors (Lipinski definition) is 3. The van der Waals surface area contributed by atoms with Crippen LogP contribution >= 0.6 is 12.2 Å². The minimum Gasteiger partial charge on any atom is -0.463 e. The molecule has 0 unspecified atom stereocenters. The summed E-state index contributed by atoms with van der Waals surface area (Å²) in [5.74, 6) is 0.960. The van der Waals surface area contributed by atoms with Gasteiger partial charge in [-0.3, -0.25) is 0 Å². The van der Waals surface area contributed by atoms with Gasteiger partial charge in [-0.1, -0.05) is 12.1 Å². The molecular formula is C17H24N3OS+. The number of benzene rings is 1. The van der Waals surface area contributed by atoms with Crippen LogP contribution in [0.25, 0.3) is 0 Å². The second-order valence-electron chi connectivity index (χ2n) is 5.73. The van der Waals surface area contributed by atoms with Gasteiger partial charge in [0.05, 0.1) is 26.9 Å². The lowest BCUT2D eigenvalue weighted by atomic mass is 10.1. The van der Waals surface area contributed by atoms with Gasteiger partial charge in [0.25, 0.3) is 0 Å². The van der Waals surface area contributed by atoms with Crippen LogP contribution in [-0.2, 0) is 0 Å². The zero-order valence-electron chi connectivity index (χ0n) is 13.6. The van der Waals surface area contributed by atoms with Gasteiger partial charge >= 0.3 is 0 Å². The fraction of sp³-hybridized carbons (Fsp3) is 0.353. The molecule has 1 aromatic heterocycles. The van der Waals surface area contributed by atoms with E-state index in [0.717, 1.165) is 11.4 Å². The van der Waals surface area contributed by atoms with Crippen LogP contribution in [0.15, 0.2) is 41.0 Å². The van der Waals surface area contributed by atoms with E-state index in [-0.39, 0.29) is 6.04 Å². The van der Waals surface area contributed by atoms with Crippen LogP contribution in [0.1, 0.15) is 22.9 Å². The van der Waals surface area contributed by atoms with Crippen LogP contribution in [0.5, 0.6) is 0 Å². The van der Waals surface area contributed by atoms with Crippen molar-refractivity contribution in [1.29, 1.82) is 0 Å². The fourth-order valence-corrected chi connectivity index (χ4v) is 2.52. The monoisotopic (exact) mass is 318 g/mol. The molecule has 3 N–H and O–H groups in total. The van der Waals surface area contributed by atoms with Gasteiger partial charge in [-0.05, 0) is 55.4 Å². The van der Waals surface area contributed by atoms with E-state index < -0.39 is 0 Å². The summed E-state index contributed by atoms with van der Waals surface area (Å²) in [5, 5.41) is 7.19. The van der Waals surface area contributed by atoms with Crippen LogP contribution in [0.2, 0.25) is 0 Å². The van der Waals surface area contributed by atoms with E-state index in [0.29, 0.717) is 11.7 Å². The molecule has 1 aromatic carbocycles. The minimum absolute atomic E-state index is 0.216. The van der Waals surface area contributed by atoms with Gasteiger partial charge in [-0.25, -0.2) is 0 Å². The third kappa shape index (κ3) is 4.08. The van der Waals surface area contributed by atoms with E-state index in [4.69, 9.17) is 16.6 Å². The molecule has 0 amide bonds. The highest BCUT2D eigenvalue weighted by Gasteiger charge is 2.20. The van der Waals surface area contributed by atoms with E-state index in [2.05, 4.69) is 44.6 Å². The molecule has 0 saturated heterocycles. The number of hydrogen-bond acceptors (Lipinski definition) is 2. The van der Waals surface area contributed by atoms with Crippen molar-refractivity contribution >= 4 is 23.0 Å². The zero-order valence-corrected chi connectivity index (χ0v) is 14.4. The Morgan fingerprint density at radius 2 is 2.00 bits per heavy atom. The van der Waals surface area contributed by atoms with Crippen molar-refractivity contribution in [2.75, 3.05) is 26.0 Å². The number of likely N-dealkylation sites (N-methyl/N-ethyl adjacent to an activating group) is 1. The second-order valence-corrected chi connectivity index (χ2v) is 6.14. The number of aryl methyl sites for hydroxylation is 1. The lowest BCUT2D eigenvalue weighted by molar-refractivity contribution is -0.891. The summed E-state index contributed by atoms with van der Waals surface area (Å²) >= 11 is 5.41. The maximum Gasteiger partial charge on any atom is 0.171 e. The summed E-state index contributed by atoms with van der Waals surface area (Å²) in [7, 11) is 4.21. The molecule has 0 radical (unpaired) electrons. The van der Waals surface area contributed by atoms with E-state index >= 15 is 0 Å². The van der Waals surface area contributed by atoms with Gasteiger partial charge in [0.2, 0.25) is 0 Å².